The summed E-state index contributed by atoms with van der Waals surface area (Å²) in [7, 11) is 0. The van der Waals surface area contributed by atoms with Crippen LogP contribution in [0.2, 0.25) is 0 Å². The smallest absolute Gasteiger partial charge is 0.226 e. The van der Waals surface area contributed by atoms with Crippen LogP contribution in [0.4, 0.5) is 10.1 Å². The van der Waals surface area contributed by atoms with Crippen molar-refractivity contribution in [3.8, 4) is 0 Å². The third-order valence-electron chi connectivity index (χ3n) is 3.35. The van der Waals surface area contributed by atoms with Gasteiger partial charge in [0.15, 0.2) is 0 Å². The van der Waals surface area contributed by atoms with Crippen molar-refractivity contribution in [3.63, 3.8) is 0 Å². The van der Waals surface area contributed by atoms with Crippen LogP contribution in [0.1, 0.15) is 17.3 Å². The minimum Gasteiger partial charge on any atom is -0.346 e. The largest absolute Gasteiger partial charge is 0.346 e. The van der Waals surface area contributed by atoms with Crippen LogP contribution < -0.4 is 5.32 Å². The van der Waals surface area contributed by atoms with Crippen molar-refractivity contribution >= 4 is 22.9 Å². The van der Waals surface area contributed by atoms with Gasteiger partial charge in [-0.3, -0.25) is 4.79 Å². The van der Waals surface area contributed by atoms with E-state index in [1.54, 1.807) is 23.5 Å². The summed E-state index contributed by atoms with van der Waals surface area (Å²) >= 11 is 1.62. The summed E-state index contributed by atoms with van der Waals surface area (Å²) in [6.07, 6.45) is 4.19. The molecule has 0 bridgehead atoms. The molecule has 0 unspecified atom stereocenters. The van der Waals surface area contributed by atoms with E-state index in [1.807, 2.05) is 46.6 Å². The molecule has 0 aliphatic rings. The molecule has 0 radical (unpaired) electrons. The number of rotatable bonds is 5. The van der Waals surface area contributed by atoms with E-state index in [-0.39, 0.29) is 17.8 Å². The molecule has 112 valence electrons. The number of benzene rings is 1. The molecule has 0 aliphatic heterocycles. The Bertz CT molecular complexity index is 704. The minimum atomic E-state index is -0.363. The SMILES string of the molecule is O=C(C[C@@H](c1cccs1)n1cccc1)Nc1cccc(F)c1. The summed E-state index contributed by atoms with van der Waals surface area (Å²) in [4.78, 5) is 13.4. The van der Waals surface area contributed by atoms with Gasteiger partial charge in [0.1, 0.15) is 5.82 Å². The molecule has 0 spiro atoms. The Morgan fingerprint density at radius 1 is 1.18 bits per heavy atom. The van der Waals surface area contributed by atoms with Crippen LogP contribution in [-0.2, 0) is 4.79 Å². The molecule has 0 aliphatic carbocycles. The van der Waals surface area contributed by atoms with Crippen LogP contribution in [-0.4, -0.2) is 10.5 Å². The van der Waals surface area contributed by atoms with Crippen molar-refractivity contribution in [2.24, 2.45) is 0 Å². The van der Waals surface area contributed by atoms with Crippen molar-refractivity contribution in [1.29, 1.82) is 0 Å². The van der Waals surface area contributed by atoms with Crippen molar-refractivity contribution in [1.82, 2.24) is 4.57 Å². The molecule has 0 saturated carbocycles. The molecule has 0 saturated heterocycles. The Morgan fingerprint density at radius 3 is 2.68 bits per heavy atom. The first-order valence-corrected chi connectivity index (χ1v) is 7.81. The Kier molecular flexibility index (Phi) is 4.34. The number of nitrogens with one attached hydrogen (secondary N) is 1. The molecule has 3 nitrogen and oxygen atoms in total. The maximum absolute atomic E-state index is 13.2. The van der Waals surface area contributed by atoms with Crippen molar-refractivity contribution < 1.29 is 9.18 Å². The van der Waals surface area contributed by atoms with Crippen LogP contribution in [0.15, 0.2) is 66.3 Å². The lowest BCUT2D eigenvalue weighted by Gasteiger charge is -2.17. The Morgan fingerprint density at radius 2 is 2.00 bits per heavy atom. The molecule has 22 heavy (non-hydrogen) atoms. The molecule has 3 aromatic rings. The van der Waals surface area contributed by atoms with Gasteiger partial charge in [0.25, 0.3) is 0 Å². The van der Waals surface area contributed by atoms with E-state index in [9.17, 15) is 9.18 Å². The van der Waals surface area contributed by atoms with E-state index < -0.39 is 0 Å². The fourth-order valence-corrected chi connectivity index (χ4v) is 3.18. The van der Waals surface area contributed by atoms with Gasteiger partial charge in [-0.05, 0) is 41.8 Å². The average Bonchev–Trinajstić information content (AvgIpc) is 3.18. The standard InChI is InChI=1S/C17H15FN2OS/c18-13-5-3-6-14(11-13)19-17(21)12-15(16-7-4-10-22-16)20-8-1-2-9-20/h1-11,15H,12H2,(H,19,21)/t15-/m0/s1. The number of carbonyl (C=O) groups excluding carboxylic acids is 1. The van der Waals surface area contributed by atoms with Gasteiger partial charge < -0.3 is 9.88 Å². The first kappa shape index (κ1) is 14.5. The summed E-state index contributed by atoms with van der Waals surface area (Å²) < 4.78 is 15.2. The van der Waals surface area contributed by atoms with Crippen molar-refractivity contribution in [2.75, 3.05) is 5.32 Å². The zero-order valence-electron chi connectivity index (χ0n) is 11.8. The molecule has 1 aromatic carbocycles. The summed E-state index contributed by atoms with van der Waals surface area (Å²) in [6.45, 7) is 0. The van der Waals surface area contributed by atoms with E-state index in [0.717, 1.165) is 4.88 Å². The molecular formula is C17H15FN2OS. The quantitative estimate of drug-likeness (QED) is 0.748. The lowest BCUT2D eigenvalue weighted by molar-refractivity contribution is -0.116. The second-order valence-electron chi connectivity index (χ2n) is 4.92. The fourth-order valence-electron chi connectivity index (χ4n) is 2.34. The van der Waals surface area contributed by atoms with Gasteiger partial charge in [-0.1, -0.05) is 12.1 Å². The first-order chi connectivity index (χ1) is 10.7. The molecule has 2 aromatic heterocycles. The van der Waals surface area contributed by atoms with Crippen LogP contribution >= 0.6 is 11.3 Å². The highest BCUT2D eigenvalue weighted by Gasteiger charge is 2.18. The first-order valence-electron chi connectivity index (χ1n) is 6.93. The highest BCUT2D eigenvalue weighted by atomic mass is 32.1. The van der Waals surface area contributed by atoms with Gasteiger partial charge in [-0.25, -0.2) is 4.39 Å². The lowest BCUT2D eigenvalue weighted by Crippen LogP contribution is -2.19. The van der Waals surface area contributed by atoms with Gasteiger partial charge in [0, 0.05) is 23.0 Å². The normalized spacial score (nSPS) is 12.0. The van der Waals surface area contributed by atoms with Gasteiger partial charge >= 0.3 is 0 Å². The maximum Gasteiger partial charge on any atom is 0.226 e. The van der Waals surface area contributed by atoms with E-state index in [0.29, 0.717) is 12.1 Å². The zero-order chi connectivity index (χ0) is 15.4. The van der Waals surface area contributed by atoms with E-state index in [2.05, 4.69) is 5.32 Å². The summed E-state index contributed by atoms with van der Waals surface area (Å²) in [5, 5.41) is 4.75. The van der Waals surface area contributed by atoms with Gasteiger partial charge in [-0.15, -0.1) is 11.3 Å². The number of carbonyl (C=O) groups is 1. The number of aromatic nitrogens is 1. The van der Waals surface area contributed by atoms with Gasteiger partial charge in [0.05, 0.1) is 12.5 Å². The van der Waals surface area contributed by atoms with Crippen LogP contribution in [0.5, 0.6) is 0 Å². The predicted octanol–water partition coefficient (Wildman–Crippen LogP) is 4.31. The monoisotopic (exact) mass is 314 g/mol. The minimum absolute atomic E-state index is 0.0523. The molecule has 2 heterocycles. The van der Waals surface area contributed by atoms with Crippen LogP contribution in [0.25, 0.3) is 0 Å². The number of hydrogen-bond donors (Lipinski definition) is 1. The third-order valence-corrected chi connectivity index (χ3v) is 4.32. The summed E-state index contributed by atoms with van der Waals surface area (Å²) in [6, 6.07) is 13.7. The fraction of sp³-hybridized carbons (Fsp3) is 0.118. The Labute approximate surface area is 132 Å². The molecule has 0 fully saturated rings. The third kappa shape index (κ3) is 3.43. The maximum atomic E-state index is 13.2. The number of halogens is 1. The van der Waals surface area contributed by atoms with E-state index in [4.69, 9.17) is 0 Å². The average molecular weight is 314 g/mol. The molecule has 1 N–H and O–H groups in total. The van der Waals surface area contributed by atoms with Crippen molar-refractivity contribution in [3.05, 3.63) is 77.0 Å². The van der Waals surface area contributed by atoms with Crippen LogP contribution in [0, 0.1) is 5.82 Å². The molecule has 5 heteroatoms. The Hall–Kier alpha value is -2.40. The zero-order valence-corrected chi connectivity index (χ0v) is 12.6. The molecular weight excluding hydrogens is 299 g/mol. The molecule has 1 amide bonds. The summed E-state index contributed by atoms with van der Waals surface area (Å²) in [5.41, 5.74) is 0.474. The number of nitrogens with zero attached hydrogens (tertiary/aromatic N) is 1. The van der Waals surface area contributed by atoms with Crippen LogP contribution in [0.3, 0.4) is 0 Å². The van der Waals surface area contributed by atoms with Gasteiger partial charge in [0.2, 0.25) is 5.91 Å². The topological polar surface area (TPSA) is 34.0 Å². The Balaban J connectivity index is 1.75. The summed E-state index contributed by atoms with van der Waals surface area (Å²) in [5.74, 6) is -0.504. The number of thiophene rings is 1. The molecule has 1 atom stereocenters. The molecule has 3 rings (SSSR count). The second-order valence-corrected chi connectivity index (χ2v) is 5.90. The number of anilines is 1. The highest BCUT2D eigenvalue weighted by Crippen LogP contribution is 2.27. The van der Waals surface area contributed by atoms with Crippen molar-refractivity contribution in [2.45, 2.75) is 12.5 Å². The van der Waals surface area contributed by atoms with Gasteiger partial charge in [-0.2, -0.15) is 0 Å². The lowest BCUT2D eigenvalue weighted by atomic mass is 10.1. The predicted molar refractivity (Wildman–Crippen MR) is 86.5 cm³/mol. The second kappa shape index (κ2) is 6.58. The number of amides is 1. The van der Waals surface area contributed by atoms with E-state index >= 15 is 0 Å². The number of hydrogen-bond acceptors (Lipinski definition) is 2. The van der Waals surface area contributed by atoms with E-state index in [1.165, 1.54) is 12.1 Å². The highest BCUT2D eigenvalue weighted by molar-refractivity contribution is 7.10.